The third kappa shape index (κ3) is 6.37. The van der Waals surface area contributed by atoms with Gasteiger partial charge in [0, 0.05) is 85.8 Å². The van der Waals surface area contributed by atoms with E-state index in [0.29, 0.717) is 48.9 Å². The minimum atomic E-state index is -1.14. The summed E-state index contributed by atoms with van der Waals surface area (Å²) in [6, 6.07) is 14.1. The molecule has 2 aliphatic rings. The van der Waals surface area contributed by atoms with Crippen LogP contribution >= 0.6 is 0 Å². The molecule has 0 atom stereocenters. The monoisotopic (exact) mass is 654 g/mol. The number of amides is 2. The molecule has 2 amide bonds. The third-order valence-electron chi connectivity index (χ3n) is 8.15. The molecule has 6 rings (SSSR count). The lowest BCUT2D eigenvalue weighted by molar-refractivity contribution is -0.385. The van der Waals surface area contributed by atoms with Crippen LogP contribution in [0, 0.1) is 20.2 Å². The zero-order valence-corrected chi connectivity index (χ0v) is 24.9. The number of ether oxygens (including phenoxy) is 2. The molecule has 4 N–H and O–H groups in total. The number of nitrogens with two attached hydrogens (primary N) is 2. The lowest BCUT2D eigenvalue weighted by Gasteiger charge is -2.41. The van der Waals surface area contributed by atoms with Gasteiger partial charge in [-0.2, -0.15) is 0 Å². The molecule has 48 heavy (non-hydrogen) atoms. The van der Waals surface area contributed by atoms with E-state index in [-0.39, 0.29) is 45.8 Å². The van der Waals surface area contributed by atoms with Crippen LogP contribution in [0.25, 0.3) is 0 Å². The summed E-state index contributed by atoms with van der Waals surface area (Å²) in [4.78, 5) is 70.0. The van der Waals surface area contributed by atoms with Crippen LogP contribution in [-0.2, 0) is 0 Å². The number of rotatable bonds is 10. The first-order chi connectivity index (χ1) is 23.0. The highest BCUT2D eigenvalue weighted by Gasteiger charge is 2.35. The van der Waals surface area contributed by atoms with Crippen molar-refractivity contribution >= 4 is 41.0 Å². The van der Waals surface area contributed by atoms with Gasteiger partial charge in [-0.3, -0.25) is 29.8 Å². The topological polar surface area (TPSA) is 240 Å². The number of pyridine rings is 2. The van der Waals surface area contributed by atoms with E-state index in [9.17, 15) is 34.6 Å². The van der Waals surface area contributed by atoms with Crippen molar-refractivity contribution in [3.63, 3.8) is 0 Å². The molecule has 0 bridgehead atoms. The van der Waals surface area contributed by atoms with E-state index in [0.717, 1.165) is 0 Å². The van der Waals surface area contributed by atoms with Gasteiger partial charge in [-0.05, 0) is 36.4 Å². The minimum Gasteiger partial charge on any atom is -0.394 e. The first-order valence-electron chi connectivity index (χ1n) is 14.4. The minimum absolute atomic E-state index is 0.0519. The molecule has 2 aromatic heterocycles. The Morgan fingerprint density at radius 2 is 1.06 bits per heavy atom. The number of hydrogen-bond donors (Lipinski definition) is 2. The molecule has 2 aliphatic heterocycles. The summed E-state index contributed by atoms with van der Waals surface area (Å²) in [7, 11) is 0. The number of hydrogen-bond acceptors (Lipinski definition) is 13. The molecule has 244 valence electrons. The normalized spacial score (nSPS) is 14.4. The molecule has 2 aromatic carbocycles. The number of aromatic nitrogens is 2. The first kappa shape index (κ1) is 31.3. The second-order valence-corrected chi connectivity index (χ2v) is 11.2. The summed E-state index contributed by atoms with van der Waals surface area (Å²) in [6.45, 7) is 1.56. The van der Waals surface area contributed by atoms with E-state index >= 15 is 0 Å². The summed E-state index contributed by atoms with van der Waals surface area (Å²) in [5.74, 6) is -0.514. The molecule has 17 heteroatoms. The average molecular weight is 655 g/mol. The van der Waals surface area contributed by atoms with Crippen molar-refractivity contribution < 1.29 is 33.7 Å². The maximum Gasteiger partial charge on any atom is 0.519 e. The number of carbonyl (C=O) groups excluding carboxylic acids is 3. The third-order valence-corrected chi connectivity index (χ3v) is 8.15. The fourth-order valence-electron chi connectivity index (χ4n) is 5.49. The van der Waals surface area contributed by atoms with Crippen molar-refractivity contribution in [2.45, 2.75) is 11.8 Å². The molecule has 0 radical (unpaired) electrons. The van der Waals surface area contributed by atoms with Crippen LogP contribution in [0.5, 0.6) is 11.5 Å². The number of primary amides is 2. The molecule has 4 heterocycles. The van der Waals surface area contributed by atoms with Crippen molar-refractivity contribution in [2.24, 2.45) is 11.5 Å². The standard InChI is InChI=1S/C31H26N8O9/c32-29(40)17-1-7-27(34-11-17)36-13-19(14-36)23-9-21(38(43)44)3-5-25(23)47-31(42)48-26-6-4-22(39(45)46)10-24(26)20-15-37(16-20)28-8-2-18(12-35-28)30(33)41/h1-12,19-20H,13-16H2,(H2,32,40)(H2,33,41). The van der Waals surface area contributed by atoms with Crippen LogP contribution < -0.4 is 30.7 Å². The number of anilines is 2. The van der Waals surface area contributed by atoms with Crippen LogP contribution in [0.1, 0.15) is 43.7 Å². The van der Waals surface area contributed by atoms with Crippen molar-refractivity contribution in [3.8, 4) is 11.5 Å². The quantitative estimate of drug-likeness (QED) is 0.108. The SMILES string of the molecule is NC(=O)c1ccc(N2CC(c3cc([N+](=O)[O-])ccc3OC(=O)Oc3ccc([N+](=O)[O-])cc3C3CN(c4ccc(C(N)=O)cn4)C3)C2)nc1. The molecule has 0 aliphatic carbocycles. The molecule has 4 aromatic rings. The highest BCUT2D eigenvalue weighted by molar-refractivity contribution is 5.93. The first-order valence-corrected chi connectivity index (χ1v) is 14.4. The lowest BCUT2D eigenvalue weighted by atomic mass is 9.90. The number of nitro groups is 2. The van der Waals surface area contributed by atoms with Crippen molar-refractivity contribution in [1.29, 1.82) is 0 Å². The Balaban J connectivity index is 1.17. The van der Waals surface area contributed by atoms with Crippen molar-refractivity contribution in [3.05, 3.63) is 116 Å². The Morgan fingerprint density at radius 3 is 1.38 bits per heavy atom. The number of carbonyl (C=O) groups is 3. The molecule has 2 saturated heterocycles. The van der Waals surface area contributed by atoms with E-state index in [4.69, 9.17) is 20.9 Å². The van der Waals surface area contributed by atoms with Crippen LogP contribution in [0.15, 0.2) is 73.1 Å². The second-order valence-electron chi connectivity index (χ2n) is 11.2. The van der Waals surface area contributed by atoms with Crippen LogP contribution in [-0.4, -0.2) is 64.0 Å². The Hall–Kier alpha value is -6.65. The maximum atomic E-state index is 13.1. The van der Waals surface area contributed by atoms with Crippen molar-refractivity contribution in [2.75, 3.05) is 36.0 Å². The zero-order chi connectivity index (χ0) is 34.1. The molecule has 0 spiro atoms. The molecule has 0 unspecified atom stereocenters. The second kappa shape index (κ2) is 12.6. The van der Waals surface area contributed by atoms with Gasteiger partial charge in [0.15, 0.2) is 0 Å². The highest BCUT2D eigenvalue weighted by atomic mass is 16.7. The van der Waals surface area contributed by atoms with Gasteiger partial charge in [-0.15, -0.1) is 0 Å². The number of nitro benzene ring substituents is 2. The summed E-state index contributed by atoms with van der Waals surface area (Å²) < 4.78 is 11.1. The summed E-state index contributed by atoms with van der Waals surface area (Å²) in [5.41, 5.74) is 11.5. The molecule has 2 fully saturated rings. The zero-order valence-electron chi connectivity index (χ0n) is 24.9. The molecule has 17 nitrogen and oxygen atoms in total. The smallest absolute Gasteiger partial charge is 0.394 e. The predicted molar refractivity (Wildman–Crippen MR) is 168 cm³/mol. The summed E-state index contributed by atoms with van der Waals surface area (Å²) in [6.07, 6.45) is 1.58. The Kier molecular flexibility index (Phi) is 8.24. The molecular formula is C31H26N8O9. The van der Waals surface area contributed by atoms with Gasteiger partial charge < -0.3 is 30.7 Å². The van der Waals surface area contributed by atoms with E-state index in [1.807, 2.05) is 9.80 Å². The van der Waals surface area contributed by atoms with Crippen LogP contribution in [0.3, 0.4) is 0 Å². The molecule has 0 saturated carbocycles. The van der Waals surface area contributed by atoms with E-state index in [1.54, 1.807) is 24.3 Å². The van der Waals surface area contributed by atoms with Crippen LogP contribution in [0.4, 0.5) is 27.8 Å². The van der Waals surface area contributed by atoms with Gasteiger partial charge in [0.1, 0.15) is 23.1 Å². The Bertz CT molecular complexity index is 1800. The average Bonchev–Trinajstić information content (AvgIpc) is 3.01. The van der Waals surface area contributed by atoms with Gasteiger partial charge in [-0.1, -0.05) is 0 Å². The van der Waals surface area contributed by atoms with E-state index in [1.165, 1.54) is 48.8 Å². The van der Waals surface area contributed by atoms with Crippen molar-refractivity contribution in [1.82, 2.24) is 9.97 Å². The highest BCUT2D eigenvalue weighted by Crippen LogP contribution is 2.40. The molecular weight excluding hydrogens is 628 g/mol. The fourth-order valence-corrected chi connectivity index (χ4v) is 5.49. The fraction of sp³-hybridized carbons (Fsp3) is 0.194. The van der Waals surface area contributed by atoms with Gasteiger partial charge in [0.05, 0.1) is 21.0 Å². The Morgan fingerprint density at radius 1 is 0.667 bits per heavy atom. The van der Waals surface area contributed by atoms with Gasteiger partial charge in [-0.25, -0.2) is 14.8 Å². The maximum absolute atomic E-state index is 13.1. The number of nitrogens with zero attached hydrogens (tertiary/aromatic N) is 6. The number of benzene rings is 2. The van der Waals surface area contributed by atoms with E-state index in [2.05, 4.69) is 9.97 Å². The van der Waals surface area contributed by atoms with Gasteiger partial charge >= 0.3 is 6.16 Å². The number of non-ortho nitro benzene ring substituents is 2. The van der Waals surface area contributed by atoms with Gasteiger partial charge in [0.2, 0.25) is 11.8 Å². The predicted octanol–water partition coefficient (Wildman–Crippen LogP) is 3.28. The Labute approximate surface area is 271 Å². The van der Waals surface area contributed by atoms with Crippen LogP contribution in [0.2, 0.25) is 0 Å². The van der Waals surface area contributed by atoms with E-state index < -0.39 is 27.8 Å². The lowest BCUT2D eigenvalue weighted by Crippen LogP contribution is -2.45. The summed E-state index contributed by atoms with van der Waals surface area (Å²) >= 11 is 0. The van der Waals surface area contributed by atoms with Gasteiger partial charge in [0.25, 0.3) is 11.4 Å². The summed E-state index contributed by atoms with van der Waals surface area (Å²) in [5, 5.41) is 23.1. The largest absolute Gasteiger partial charge is 0.519 e.